The lowest BCUT2D eigenvalue weighted by Gasteiger charge is -2.22. The molecule has 0 radical (unpaired) electrons. The third-order valence-corrected chi connectivity index (χ3v) is 4.15. The number of sulfonamides is 1. The SMILES string of the molecule is CC(C)(C)CC(O)CNS(=O)(=O)Cc1ccc(C#N)cc1. The summed E-state index contributed by atoms with van der Waals surface area (Å²) >= 11 is 0. The Labute approximate surface area is 126 Å². The number of hydrogen-bond acceptors (Lipinski definition) is 4. The maximum absolute atomic E-state index is 11.9. The Kier molecular flexibility index (Phi) is 5.90. The molecule has 0 heterocycles. The highest BCUT2D eigenvalue weighted by Gasteiger charge is 2.19. The van der Waals surface area contributed by atoms with E-state index in [2.05, 4.69) is 4.72 Å². The van der Waals surface area contributed by atoms with Crippen molar-refractivity contribution < 1.29 is 13.5 Å². The summed E-state index contributed by atoms with van der Waals surface area (Å²) in [5.41, 5.74) is 1.04. The van der Waals surface area contributed by atoms with Gasteiger partial charge in [-0.3, -0.25) is 0 Å². The number of hydrogen-bond donors (Lipinski definition) is 2. The maximum Gasteiger partial charge on any atom is 0.215 e. The highest BCUT2D eigenvalue weighted by Crippen LogP contribution is 2.20. The van der Waals surface area contributed by atoms with Crippen LogP contribution in [-0.4, -0.2) is 26.2 Å². The van der Waals surface area contributed by atoms with Gasteiger partial charge in [-0.05, 0) is 29.5 Å². The maximum atomic E-state index is 11.9. The van der Waals surface area contributed by atoms with Crippen molar-refractivity contribution in [3.05, 3.63) is 35.4 Å². The Morgan fingerprint density at radius 2 is 1.86 bits per heavy atom. The molecule has 0 aliphatic heterocycles. The van der Waals surface area contributed by atoms with Crippen molar-refractivity contribution in [2.24, 2.45) is 5.41 Å². The standard InChI is InChI=1S/C15H22N2O3S/c1-15(2,3)8-14(18)10-17-21(19,20)11-13-6-4-12(9-16)5-7-13/h4-7,14,17-18H,8,10-11H2,1-3H3. The first kappa shape index (κ1) is 17.6. The van der Waals surface area contributed by atoms with Gasteiger partial charge in [0.25, 0.3) is 0 Å². The van der Waals surface area contributed by atoms with Crippen molar-refractivity contribution in [1.29, 1.82) is 5.26 Å². The monoisotopic (exact) mass is 310 g/mol. The highest BCUT2D eigenvalue weighted by atomic mass is 32.2. The van der Waals surface area contributed by atoms with Gasteiger partial charge in [0, 0.05) is 6.54 Å². The number of rotatable bonds is 6. The van der Waals surface area contributed by atoms with Gasteiger partial charge in [0.2, 0.25) is 10.0 Å². The van der Waals surface area contributed by atoms with Gasteiger partial charge in [-0.15, -0.1) is 0 Å². The van der Waals surface area contributed by atoms with E-state index in [1.54, 1.807) is 24.3 Å². The summed E-state index contributed by atoms with van der Waals surface area (Å²) in [4.78, 5) is 0. The van der Waals surface area contributed by atoms with Crippen molar-refractivity contribution >= 4 is 10.0 Å². The first-order valence-corrected chi connectivity index (χ1v) is 8.41. The summed E-state index contributed by atoms with van der Waals surface area (Å²) in [5.74, 6) is -0.166. The molecule has 0 aromatic heterocycles. The largest absolute Gasteiger partial charge is 0.392 e. The Morgan fingerprint density at radius 1 is 1.29 bits per heavy atom. The molecular weight excluding hydrogens is 288 g/mol. The van der Waals surface area contributed by atoms with Gasteiger partial charge in [0.05, 0.1) is 23.5 Å². The molecule has 1 rings (SSSR count). The van der Waals surface area contributed by atoms with Gasteiger partial charge in [-0.1, -0.05) is 32.9 Å². The van der Waals surface area contributed by atoms with E-state index in [0.717, 1.165) is 0 Å². The summed E-state index contributed by atoms with van der Waals surface area (Å²) in [6.07, 6.45) is -0.187. The van der Waals surface area contributed by atoms with Crippen LogP contribution in [0.25, 0.3) is 0 Å². The Balaban J connectivity index is 2.55. The van der Waals surface area contributed by atoms with E-state index in [-0.39, 0.29) is 17.7 Å². The van der Waals surface area contributed by atoms with E-state index in [9.17, 15) is 13.5 Å². The lowest BCUT2D eigenvalue weighted by Crippen LogP contribution is -2.34. The summed E-state index contributed by atoms with van der Waals surface area (Å²) in [5, 5.41) is 18.5. The number of nitrogens with zero attached hydrogens (tertiary/aromatic N) is 1. The Hall–Kier alpha value is -1.42. The van der Waals surface area contributed by atoms with Gasteiger partial charge >= 0.3 is 0 Å². The zero-order valence-corrected chi connectivity index (χ0v) is 13.4. The molecule has 0 bridgehead atoms. The first-order valence-electron chi connectivity index (χ1n) is 6.76. The Bertz CT molecular complexity index is 595. The number of aliphatic hydroxyl groups is 1. The van der Waals surface area contributed by atoms with E-state index < -0.39 is 16.1 Å². The van der Waals surface area contributed by atoms with Crippen LogP contribution in [0.2, 0.25) is 0 Å². The van der Waals surface area contributed by atoms with Gasteiger partial charge in [0.15, 0.2) is 0 Å². The van der Waals surface area contributed by atoms with Gasteiger partial charge in [0.1, 0.15) is 0 Å². The normalized spacial score (nSPS) is 13.7. The van der Waals surface area contributed by atoms with Crippen LogP contribution in [0.4, 0.5) is 0 Å². The second-order valence-corrected chi connectivity index (χ2v) is 8.14. The predicted molar refractivity (Wildman–Crippen MR) is 81.9 cm³/mol. The second kappa shape index (κ2) is 7.03. The third kappa shape index (κ3) is 7.23. The summed E-state index contributed by atoms with van der Waals surface area (Å²) < 4.78 is 26.3. The molecular formula is C15H22N2O3S. The second-order valence-electron chi connectivity index (χ2n) is 6.33. The van der Waals surface area contributed by atoms with E-state index in [4.69, 9.17) is 5.26 Å². The molecule has 0 aliphatic rings. The first-order chi connectivity index (χ1) is 9.61. The zero-order valence-electron chi connectivity index (χ0n) is 12.6. The predicted octanol–water partition coefficient (Wildman–Crippen LogP) is 1.77. The molecule has 0 saturated carbocycles. The minimum Gasteiger partial charge on any atom is -0.392 e. The highest BCUT2D eigenvalue weighted by molar-refractivity contribution is 7.88. The molecule has 1 unspecified atom stereocenters. The van der Waals surface area contributed by atoms with Crippen LogP contribution < -0.4 is 4.72 Å². The van der Waals surface area contributed by atoms with Crippen molar-refractivity contribution in [3.63, 3.8) is 0 Å². The fourth-order valence-electron chi connectivity index (χ4n) is 1.95. The summed E-state index contributed by atoms with van der Waals surface area (Å²) in [6.45, 7) is 5.97. The number of benzene rings is 1. The molecule has 0 amide bonds. The molecule has 1 aromatic carbocycles. The van der Waals surface area contributed by atoms with Crippen LogP contribution in [0.1, 0.15) is 38.3 Å². The quantitative estimate of drug-likeness (QED) is 0.838. The molecule has 1 aromatic rings. The molecule has 0 spiro atoms. The van der Waals surface area contributed by atoms with Crippen LogP contribution in [0.15, 0.2) is 24.3 Å². The fraction of sp³-hybridized carbons (Fsp3) is 0.533. The zero-order chi connectivity index (χ0) is 16.1. The molecule has 0 aliphatic carbocycles. The Morgan fingerprint density at radius 3 is 2.33 bits per heavy atom. The van der Waals surface area contributed by atoms with Crippen molar-refractivity contribution in [1.82, 2.24) is 4.72 Å². The third-order valence-electron chi connectivity index (χ3n) is 2.83. The molecule has 6 heteroatoms. The minimum absolute atomic E-state index is 0.00980. The van der Waals surface area contributed by atoms with E-state index in [0.29, 0.717) is 17.5 Å². The van der Waals surface area contributed by atoms with Crippen LogP contribution in [0.3, 0.4) is 0 Å². The van der Waals surface area contributed by atoms with Crippen LogP contribution >= 0.6 is 0 Å². The van der Waals surface area contributed by atoms with E-state index >= 15 is 0 Å². The molecule has 0 saturated heterocycles. The fourth-order valence-corrected chi connectivity index (χ4v) is 3.13. The topological polar surface area (TPSA) is 90.2 Å². The minimum atomic E-state index is -3.50. The van der Waals surface area contributed by atoms with Gasteiger partial charge in [-0.2, -0.15) is 5.26 Å². The molecule has 116 valence electrons. The van der Waals surface area contributed by atoms with Crippen LogP contribution in [0, 0.1) is 16.7 Å². The van der Waals surface area contributed by atoms with Crippen molar-refractivity contribution in [2.75, 3.05) is 6.54 Å². The number of nitrogens with one attached hydrogen (secondary N) is 1. The summed E-state index contributed by atoms with van der Waals surface area (Å²) in [6, 6.07) is 8.37. The number of nitriles is 1. The van der Waals surface area contributed by atoms with Crippen LogP contribution in [0.5, 0.6) is 0 Å². The lowest BCUT2D eigenvalue weighted by atomic mass is 9.89. The molecule has 21 heavy (non-hydrogen) atoms. The lowest BCUT2D eigenvalue weighted by molar-refractivity contribution is 0.125. The van der Waals surface area contributed by atoms with Gasteiger partial charge < -0.3 is 5.11 Å². The van der Waals surface area contributed by atoms with E-state index in [1.165, 1.54) is 0 Å². The van der Waals surface area contributed by atoms with Crippen molar-refractivity contribution in [3.8, 4) is 6.07 Å². The van der Waals surface area contributed by atoms with Crippen LogP contribution in [-0.2, 0) is 15.8 Å². The average molecular weight is 310 g/mol. The van der Waals surface area contributed by atoms with Crippen molar-refractivity contribution in [2.45, 2.75) is 39.0 Å². The molecule has 1 atom stereocenters. The number of aliphatic hydroxyl groups excluding tert-OH is 1. The molecule has 5 nitrogen and oxygen atoms in total. The molecule has 0 fully saturated rings. The smallest absolute Gasteiger partial charge is 0.215 e. The van der Waals surface area contributed by atoms with Gasteiger partial charge in [-0.25, -0.2) is 13.1 Å². The summed E-state index contributed by atoms with van der Waals surface area (Å²) in [7, 11) is -3.50. The van der Waals surface area contributed by atoms with E-state index in [1.807, 2.05) is 26.8 Å². The average Bonchev–Trinajstić information content (AvgIpc) is 2.35. The molecule has 2 N–H and O–H groups in total.